The monoisotopic (exact) mass is 470 g/mol. The summed E-state index contributed by atoms with van der Waals surface area (Å²) in [5.74, 6) is 0.624. The highest BCUT2D eigenvalue weighted by Crippen LogP contribution is 2.38. The zero-order valence-electron chi connectivity index (χ0n) is 18.9. The molecule has 4 aliphatic rings. The first-order valence-electron chi connectivity index (χ1n) is 11.9. The molecule has 1 aromatic heterocycles. The van der Waals surface area contributed by atoms with Crippen molar-refractivity contribution in [1.29, 1.82) is 0 Å². The number of nitrogens with zero attached hydrogens (tertiary/aromatic N) is 1. The average molecular weight is 471 g/mol. The molecule has 2 aromatic rings. The summed E-state index contributed by atoms with van der Waals surface area (Å²) in [6.07, 6.45) is 3.94. The van der Waals surface area contributed by atoms with Gasteiger partial charge in [0.2, 0.25) is 5.91 Å². The number of benzene rings is 1. The first-order valence-corrected chi connectivity index (χ1v) is 11.9. The van der Waals surface area contributed by atoms with Crippen LogP contribution in [0.5, 0.6) is 0 Å². The second-order valence-electron chi connectivity index (χ2n) is 9.62. The normalized spacial score (nSPS) is 24.5. The van der Waals surface area contributed by atoms with Crippen molar-refractivity contribution in [3.05, 3.63) is 48.3 Å². The highest BCUT2D eigenvalue weighted by atomic mass is 19.4. The van der Waals surface area contributed by atoms with Crippen LogP contribution >= 0.6 is 0 Å². The first kappa shape index (κ1) is 22.9. The van der Waals surface area contributed by atoms with E-state index in [0.29, 0.717) is 35.0 Å². The van der Waals surface area contributed by atoms with Crippen LogP contribution in [-0.4, -0.2) is 42.2 Å². The number of rotatable bonds is 7. The van der Waals surface area contributed by atoms with Gasteiger partial charge in [-0.15, -0.1) is 0 Å². The van der Waals surface area contributed by atoms with E-state index in [-0.39, 0.29) is 23.6 Å². The highest BCUT2D eigenvalue weighted by Gasteiger charge is 2.37. The summed E-state index contributed by atoms with van der Waals surface area (Å²) in [7, 11) is 0. The van der Waals surface area contributed by atoms with E-state index >= 15 is 0 Å². The van der Waals surface area contributed by atoms with Gasteiger partial charge < -0.3 is 16.0 Å². The summed E-state index contributed by atoms with van der Waals surface area (Å²) < 4.78 is 40.9. The Morgan fingerprint density at radius 2 is 2.03 bits per heavy atom. The van der Waals surface area contributed by atoms with Crippen molar-refractivity contribution in [2.24, 2.45) is 11.8 Å². The Labute approximate surface area is 196 Å². The zero-order chi connectivity index (χ0) is 23.9. The molecule has 34 heavy (non-hydrogen) atoms. The van der Waals surface area contributed by atoms with Crippen molar-refractivity contribution in [2.45, 2.75) is 50.4 Å². The van der Waals surface area contributed by atoms with Crippen molar-refractivity contribution >= 4 is 34.0 Å². The second kappa shape index (κ2) is 9.06. The van der Waals surface area contributed by atoms with E-state index < -0.39 is 11.7 Å². The number of halogens is 3. The number of anilines is 1. The maximum atomic E-state index is 13.6. The van der Waals surface area contributed by atoms with E-state index in [1.165, 1.54) is 6.42 Å². The predicted molar refractivity (Wildman–Crippen MR) is 128 cm³/mol. The highest BCUT2D eigenvalue weighted by molar-refractivity contribution is 6.00. The van der Waals surface area contributed by atoms with E-state index in [0.717, 1.165) is 37.9 Å². The third-order valence-electron chi connectivity index (χ3n) is 7.16. The van der Waals surface area contributed by atoms with Crippen LogP contribution < -0.4 is 16.0 Å². The number of carbonyl (C=O) groups is 1. The molecule has 3 unspecified atom stereocenters. The second-order valence-corrected chi connectivity index (χ2v) is 9.62. The Kier molecular flexibility index (Phi) is 6.10. The van der Waals surface area contributed by atoms with Gasteiger partial charge in [-0.1, -0.05) is 24.8 Å². The number of nitrogens with one attached hydrogen (secondary N) is 3. The molecule has 2 aliphatic heterocycles. The fourth-order valence-electron chi connectivity index (χ4n) is 5.06. The predicted octanol–water partition coefficient (Wildman–Crippen LogP) is 4.90. The van der Waals surface area contributed by atoms with E-state index in [1.54, 1.807) is 24.3 Å². The molecule has 1 amide bonds. The van der Waals surface area contributed by atoms with Crippen LogP contribution in [0.25, 0.3) is 22.4 Å². The van der Waals surface area contributed by atoms with Gasteiger partial charge in [-0.2, -0.15) is 13.2 Å². The molecule has 8 heteroatoms. The van der Waals surface area contributed by atoms with Crippen LogP contribution in [0, 0.1) is 11.8 Å². The Balaban J connectivity index is 1.47. The van der Waals surface area contributed by atoms with Crippen LogP contribution in [0.2, 0.25) is 0 Å². The SMILES string of the molecule is C=C(c1nc(/C=C/CNC(=O)C2CC2)cc2c(NC3CC4CCC3CN4)cccc12)C(F)(F)F. The Morgan fingerprint density at radius 3 is 2.68 bits per heavy atom. The molecule has 3 atom stereocenters. The molecule has 2 aliphatic carbocycles. The number of alkyl halides is 3. The van der Waals surface area contributed by atoms with E-state index in [2.05, 4.69) is 27.5 Å². The lowest BCUT2D eigenvalue weighted by Crippen LogP contribution is -2.53. The summed E-state index contributed by atoms with van der Waals surface area (Å²) in [6.45, 7) is 4.58. The molecular formula is C26H29F3N4O. The minimum Gasteiger partial charge on any atom is -0.381 e. The van der Waals surface area contributed by atoms with E-state index in [4.69, 9.17) is 0 Å². The molecule has 3 N–H and O–H groups in total. The van der Waals surface area contributed by atoms with Gasteiger partial charge in [-0.3, -0.25) is 4.79 Å². The van der Waals surface area contributed by atoms with Gasteiger partial charge in [0.05, 0.1) is 17.0 Å². The van der Waals surface area contributed by atoms with Crippen LogP contribution in [0.3, 0.4) is 0 Å². The molecule has 5 nitrogen and oxygen atoms in total. The fraction of sp³-hybridized carbons (Fsp3) is 0.462. The van der Waals surface area contributed by atoms with Crippen LogP contribution in [0.4, 0.5) is 18.9 Å². The minimum atomic E-state index is -4.59. The molecule has 2 bridgehead atoms. The summed E-state index contributed by atoms with van der Waals surface area (Å²) in [4.78, 5) is 16.1. The number of piperidine rings is 2. The maximum Gasteiger partial charge on any atom is 0.417 e. The van der Waals surface area contributed by atoms with Gasteiger partial charge in [0.15, 0.2) is 0 Å². The van der Waals surface area contributed by atoms with Gasteiger partial charge in [-0.25, -0.2) is 4.98 Å². The average Bonchev–Trinajstić information content (AvgIpc) is 3.67. The van der Waals surface area contributed by atoms with Crippen molar-refractivity contribution in [3.8, 4) is 0 Å². The van der Waals surface area contributed by atoms with Crippen molar-refractivity contribution in [1.82, 2.24) is 15.6 Å². The maximum absolute atomic E-state index is 13.6. The topological polar surface area (TPSA) is 66.0 Å². The molecule has 180 valence electrons. The van der Waals surface area contributed by atoms with Gasteiger partial charge in [-0.05, 0) is 56.2 Å². The largest absolute Gasteiger partial charge is 0.417 e. The Bertz CT molecular complexity index is 1130. The van der Waals surface area contributed by atoms with Gasteiger partial charge in [0.1, 0.15) is 0 Å². The summed E-state index contributed by atoms with van der Waals surface area (Å²) in [6, 6.07) is 7.93. The number of aromatic nitrogens is 1. The van der Waals surface area contributed by atoms with Crippen molar-refractivity contribution in [3.63, 3.8) is 0 Å². The Hall–Kier alpha value is -2.87. The number of fused-ring (bicyclic) bond motifs is 4. The number of amides is 1. The van der Waals surface area contributed by atoms with Crippen molar-refractivity contribution in [2.75, 3.05) is 18.4 Å². The van der Waals surface area contributed by atoms with Crippen molar-refractivity contribution < 1.29 is 18.0 Å². The molecule has 0 spiro atoms. The first-order chi connectivity index (χ1) is 16.3. The molecule has 2 saturated heterocycles. The molecular weight excluding hydrogens is 441 g/mol. The van der Waals surface area contributed by atoms with Crippen LogP contribution in [0.15, 0.2) is 36.9 Å². The number of pyridine rings is 1. The molecule has 4 fully saturated rings. The van der Waals surface area contributed by atoms with Crippen LogP contribution in [-0.2, 0) is 4.79 Å². The summed E-state index contributed by atoms with van der Waals surface area (Å²) in [5, 5.41) is 11.1. The number of hydrogen-bond donors (Lipinski definition) is 3. The Morgan fingerprint density at radius 1 is 1.21 bits per heavy atom. The quantitative estimate of drug-likeness (QED) is 0.539. The van der Waals surface area contributed by atoms with Gasteiger partial charge in [0.25, 0.3) is 0 Å². The number of allylic oxidation sites excluding steroid dienone is 1. The van der Waals surface area contributed by atoms with Gasteiger partial charge in [0, 0.05) is 47.6 Å². The molecule has 6 rings (SSSR count). The smallest absolute Gasteiger partial charge is 0.381 e. The number of hydrogen-bond acceptors (Lipinski definition) is 4. The number of carbonyl (C=O) groups excluding carboxylic acids is 1. The standard InChI is InChI=1S/C26H29F3N4O/c1-15(26(27,28)29)24-20-5-2-6-22(33-23-13-18-10-9-17(23)14-31-18)21(20)12-19(32-24)4-3-11-30-25(34)16-7-8-16/h2-6,12,16-18,23,31,33H,1,7-11,13-14H2,(H,30,34)/b4-3+. The third kappa shape index (κ3) is 4.82. The van der Waals surface area contributed by atoms with E-state index in [9.17, 15) is 18.0 Å². The lowest BCUT2D eigenvalue weighted by molar-refractivity contribution is -0.122. The lowest BCUT2D eigenvalue weighted by atomic mass is 9.77. The zero-order valence-corrected chi connectivity index (χ0v) is 18.9. The molecule has 1 aromatic carbocycles. The molecule has 3 heterocycles. The summed E-state index contributed by atoms with van der Waals surface area (Å²) in [5.41, 5.74) is 0.0787. The third-order valence-corrected chi connectivity index (χ3v) is 7.16. The molecule has 0 radical (unpaired) electrons. The van der Waals surface area contributed by atoms with E-state index in [1.807, 2.05) is 12.1 Å². The van der Waals surface area contributed by atoms with Crippen LogP contribution in [0.1, 0.15) is 43.5 Å². The summed E-state index contributed by atoms with van der Waals surface area (Å²) >= 11 is 0. The molecule has 2 saturated carbocycles. The lowest BCUT2D eigenvalue weighted by Gasteiger charge is -2.44. The fourth-order valence-corrected chi connectivity index (χ4v) is 5.06. The van der Waals surface area contributed by atoms with Gasteiger partial charge >= 0.3 is 6.18 Å². The minimum absolute atomic E-state index is 0.0185.